The van der Waals surface area contributed by atoms with Crippen LogP contribution in [0.3, 0.4) is 0 Å². The summed E-state index contributed by atoms with van der Waals surface area (Å²) in [6, 6.07) is 10.0. The Morgan fingerprint density at radius 1 is 1.00 bits per heavy atom. The molecule has 1 atom stereocenters. The van der Waals surface area contributed by atoms with Gasteiger partial charge in [0.15, 0.2) is 11.6 Å². The van der Waals surface area contributed by atoms with Crippen LogP contribution in [0.5, 0.6) is 0 Å². The second-order valence-corrected chi connectivity index (χ2v) is 5.00. The van der Waals surface area contributed by atoms with Gasteiger partial charge >= 0.3 is 0 Å². The Morgan fingerprint density at radius 3 is 2.32 bits per heavy atom. The maximum atomic E-state index is 14.0. The van der Waals surface area contributed by atoms with E-state index < -0.39 is 17.2 Å². The highest BCUT2D eigenvalue weighted by Crippen LogP contribution is 2.32. The topological polar surface area (TPSA) is 20.2 Å². The van der Waals surface area contributed by atoms with E-state index in [1.165, 1.54) is 26.0 Å². The molecule has 0 saturated heterocycles. The summed E-state index contributed by atoms with van der Waals surface area (Å²) in [6.45, 7) is 4.84. The van der Waals surface area contributed by atoms with Gasteiger partial charge < -0.3 is 5.11 Å². The fourth-order valence-corrected chi connectivity index (χ4v) is 2.13. The van der Waals surface area contributed by atoms with E-state index in [1.54, 1.807) is 18.2 Å². The van der Waals surface area contributed by atoms with Crippen LogP contribution in [-0.2, 0) is 5.60 Å². The molecule has 0 aliphatic carbocycles. The fourth-order valence-electron chi connectivity index (χ4n) is 2.13. The molecule has 0 heterocycles. The first-order valence-corrected chi connectivity index (χ1v) is 6.08. The molecule has 0 saturated carbocycles. The van der Waals surface area contributed by atoms with E-state index in [-0.39, 0.29) is 11.1 Å². The lowest BCUT2D eigenvalue weighted by molar-refractivity contribution is 0.0969. The van der Waals surface area contributed by atoms with Crippen molar-refractivity contribution >= 4 is 0 Å². The predicted molar refractivity (Wildman–Crippen MR) is 70.9 cm³/mol. The maximum absolute atomic E-state index is 14.0. The number of aryl methyl sites for hydroxylation is 2. The summed E-state index contributed by atoms with van der Waals surface area (Å²) in [4.78, 5) is 0. The third-order valence-corrected chi connectivity index (χ3v) is 3.38. The molecule has 1 nitrogen and oxygen atoms in total. The SMILES string of the molecule is Cc1cccc(C(C)(O)c2ccc(C)c(F)c2F)c1. The smallest absolute Gasteiger partial charge is 0.165 e. The van der Waals surface area contributed by atoms with E-state index in [2.05, 4.69) is 0 Å². The zero-order valence-electron chi connectivity index (χ0n) is 11.2. The molecule has 1 unspecified atom stereocenters. The lowest BCUT2D eigenvalue weighted by atomic mass is 9.86. The van der Waals surface area contributed by atoms with Gasteiger partial charge in [0, 0.05) is 5.56 Å². The fraction of sp³-hybridized carbons (Fsp3) is 0.250. The van der Waals surface area contributed by atoms with E-state index >= 15 is 0 Å². The Kier molecular flexibility index (Phi) is 3.42. The summed E-state index contributed by atoms with van der Waals surface area (Å²) in [5, 5.41) is 10.6. The summed E-state index contributed by atoms with van der Waals surface area (Å²) < 4.78 is 27.6. The third-order valence-electron chi connectivity index (χ3n) is 3.38. The zero-order chi connectivity index (χ0) is 14.2. The number of hydrogen-bond donors (Lipinski definition) is 1. The summed E-state index contributed by atoms with van der Waals surface area (Å²) in [5.41, 5.74) is 0.0906. The van der Waals surface area contributed by atoms with Crippen molar-refractivity contribution in [2.45, 2.75) is 26.4 Å². The van der Waals surface area contributed by atoms with Gasteiger partial charge in [-0.1, -0.05) is 42.0 Å². The number of hydrogen-bond acceptors (Lipinski definition) is 1. The average Bonchev–Trinajstić information content (AvgIpc) is 2.36. The number of rotatable bonds is 2. The lowest BCUT2D eigenvalue weighted by Crippen LogP contribution is -2.25. The van der Waals surface area contributed by atoms with Crippen LogP contribution in [0.4, 0.5) is 8.78 Å². The van der Waals surface area contributed by atoms with E-state index in [1.807, 2.05) is 13.0 Å². The van der Waals surface area contributed by atoms with Gasteiger partial charge in [0.2, 0.25) is 0 Å². The molecule has 0 fully saturated rings. The molecule has 0 aromatic heterocycles. The lowest BCUT2D eigenvalue weighted by Gasteiger charge is -2.25. The minimum Gasteiger partial charge on any atom is -0.381 e. The van der Waals surface area contributed by atoms with E-state index in [9.17, 15) is 13.9 Å². The van der Waals surface area contributed by atoms with Gasteiger partial charge in [0.25, 0.3) is 0 Å². The van der Waals surface area contributed by atoms with Crippen molar-refractivity contribution in [1.82, 2.24) is 0 Å². The largest absolute Gasteiger partial charge is 0.381 e. The molecule has 0 aliphatic heterocycles. The molecule has 2 aromatic carbocycles. The van der Waals surface area contributed by atoms with Crippen LogP contribution in [-0.4, -0.2) is 5.11 Å². The Hall–Kier alpha value is -1.74. The molecule has 0 amide bonds. The van der Waals surface area contributed by atoms with Crippen LogP contribution < -0.4 is 0 Å². The summed E-state index contributed by atoms with van der Waals surface area (Å²) in [7, 11) is 0. The Bertz CT molecular complexity index is 618. The molecular weight excluding hydrogens is 246 g/mol. The van der Waals surface area contributed by atoms with E-state index in [0.29, 0.717) is 5.56 Å². The molecule has 0 spiro atoms. The molecule has 0 bridgehead atoms. The Labute approximate surface area is 111 Å². The molecule has 19 heavy (non-hydrogen) atoms. The highest BCUT2D eigenvalue weighted by Gasteiger charge is 2.30. The molecule has 3 heteroatoms. The van der Waals surface area contributed by atoms with Crippen molar-refractivity contribution in [3.8, 4) is 0 Å². The van der Waals surface area contributed by atoms with Crippen LogP contribution in [0.15, 0.2) is 36.4 Å². The van der Waals surface area contributed by atoms with Gasteiger partial charge in [0.05, 0.1) is 0 Å². The first kappa shape index (κ1) is 13.7. The van der Waals surface area contributed by atoms with Gasteiger partial charge in [-0.15, -0.1) is 0 Å². The van der Waals surface area contributed by atoms with Crippen LogP contribution in [0.25, 0.3) is 0 Å². The van der Waals surface area contributed by atoms with E-state index in [4.69, 9.17) is 0 Å². The highest BCUT2D eigenvalue weighted by molar-refractivity contribution is 5.39. The predicted octanol–water partition coefficient (Wildman–Crippen LogP) is 3.84. The summed E-state index contributed by atoms with van der Waals surface area (Å²) in [5.74, 6) is -1.91. The normalized spacial score (nSPS) is 14.2. The molecule has 2 aromatic rings. The number of benzene rings is 2. The Morgan fingerprint density at radius 2 is 1.68 bits per heavy atom. The molecule has 0 radical (unpaired) electrons. The van der Waals surface area contributed by atoms with Crippen molar-refractivity contribution in [2.75, 3.05) is 0 Å². The zero-order valence-corrected chi connectivity index (χ0v) is 11.2. The molecule has 1 N–H and O–H groups in total. The Balaban J connectivity index is 2.60. The van der Waals surface area contributed by atoms with Crippen LogP contribution in [0.1, 0.15) is 29.2 Å². The van der Waals surface area contributed by atoms with Gasteiger partial charge in [-0.2, -0.15) is 0 Å². The first-order valence-electron chi connectivity index (χ1n) is 6.08. The molecule has 100 valence electrons. The maximum Gasteiger partial charge on any atom is 0.165 e. The van der Waals surface area contributed by atoms with Crippen LogP contribution in [0.2, 0.25) is 0 Å². The monoisotopic (exact) mass is 262 g/mol. The minimum atomic E-state index is -1.56. The van der Waals surface area contributed by atoms with Gasteiger partial charge in [0.1, 0.15) is 5.60 Å². The molecule has 0 aliphatic rings. The highest BCUT2D eigenvalue weighted by atomic mass is 19.2. The van der Waals surface area contributed by atoms with Crippen molar-refractivity contribution in [3.63, 3.8) is 0 Å². The molecule has 2 rings (SSSR count). The van der Waals surface area contributed by atoms with Crippen LogP contribution in [0, 0.1) is 25.5 Å². The minimum absolute atomic E-state index is 0.0544. The van der Waals surface area contributed by atoms with Crippen molar-refractivity contribution in [2.24, 2.45) is 0 Å². The van der Waals surface area contributed by atoms with Crippen molar-refractivity contribution < 1.29 is 13.9 Å². The second kappa shape index (κ2) is 4.74. The average molecular weight is 262 g/mol. The molecular formula is C16H16F2O. The van der Waals surface area contributed by atoms with E-state index in [0.717, 1.165) is 5.56 Å². The summed E-state index contributed by atoms with van der Waals surface area (Å²) in [6.07, 6.45) is 0. The van der Waals surface area contributed by atoms with Gasteiger partial charge in [-0.25, -0.2) is 8.78 Å². The van der Waals surface area contributed by atoms with Gasteiger partial charge in [-0.05, 0) is 31.9 Å². The van der Waals surface area contributed by atoms with Crippen LogP contribution >= 0.6 is 0 Å². The quantitative estimate of drug-likeness (QED) is 0.872. The van der Waals surface area contributed by atoms with Crippen molar-refractivity contribution in [1.29, 1.82) is 0 Å². The number of aliphatic hydroxyl groups is 1. The van der Waals surface area contributed by atoms with Crippen molar-refractivity contribution in [3.05, 3.63) is 70.3 Å². The second-order valence-electron chi connectivity index (χ2n) is 5.00. The standard InChI is InChI=1S/C16H16F2O/c1-10-5-4-6-12(9-10)16(3,19)13-8-7-11(2)14(17)15(13)18/h4-9,19H,1-3H3. The first-order chi connectivity index (χ1) is 8.84. The number of halogens is 2. The third kappa shape index (κ3) is 2.38. The van der Waals surface area contributed by atoms with Gasteiger partial charge in [-0.3, -0.25) is 0 Å². The summed E-state index contributed by atoms with van der Waals surface area (Å²) >= 11 is 0.